The molecule has 10 heteroatoms. The Balaban J connectivity index is 1.67. The second kappa shape index (κ2) is 7.45. The van der Waals surface area contributed by atoms with Gasteiger partial charge in [-0.05, 0) is 30.7 Å². The van der Waals surface area contributed by atoms with Gasteiger partial charge in [-0.2, -0.15) is 5.10 Å². The van der Waals surface area contributed by atoms with E-state index in [2.05, 4.69) is 25.0 Å². The molecule has 1 atom stereocenters. The lowest BCUT2D eigenvalue weighted by Crippen LogP contribution is -2.25. The number of anilines is 1. The van der Waals surface area contributed by atoms with Gasteiger partial charge in [-0.3, -0.25) is 4.68 Å². The molecular weight excluding hydrogens is 428 g/mol. The number of pyridine rings is 1. The van der Waals surface area contributed by atoms with Gasteiger partial charge in [-0.1, -0.05) is 12.1 Å². The topological polar surface area (TPSA) is 119 Å². The number of hydrogen-bond donors (Lipinski definition) is 3. The summed E-state index contributed by atoms with van der Waals surface area (Å²) in [4.78, 5) is 15.7. The Hall–Kier alpha value is -4.18. The van der Waals surface area contributed by atoms with E-state index in [0.717, 1.165) is 0 Å². The van der Waals surface area contributed by atoms with Crippen molar-refractivity contribution < 1.29 is 13.9 Å². The Bertz CT molecular complexity index is 1510. The van der Waals surface area contributed by atoms with Gasteiger partial charge in [-0.15, -0.1) is 0 Å². The summed E-state index contributed by atoms with van der Waals surface area (Å²) in [6, 6.07) is 7.07. The third kappa shape index (κ3) is 3.50. The molecule has 1 unspecified atom stereocenters. The highest BCUT2D eigenvalue weighted by atomic mass is 19.1. The van der Waals surface area contributed by atoms with Gasteiger partial charge in [0.05, 0.1) is 23.0 Å². The van der Waals surface area contributed by atoms with E-state index in [4.69, 9.17) is 5.73 Å². The van der Waals surface area contributed by atoms with Crippen molar-refractivity contribution >= 4 is 17.0 Å². The minimum atomic E-state index is -1.67. The molecule has 5 aromatic rings. The summed E-state index contributed by atoms with van der Waals surface area (Å²) in [6.45, 7) is 1.48. The molecule has 0 amide bonds. The van der Waals surface area contributed by atoms with Gasteiger partial charge in [0.25, 0.3) is 0 Å². The second-order valence-corrected chi connectivity index (χ2v) is 7.89. The zero-order chi connectivity index (χ0) is 23.3. The Morgan fingerprint density at radius 2 is 1.94 bits per heavy atom. The molecule has 4 N–H and O–H groups in total. The van der Waals surface area contributed by atoms with Gasteiger partial charge >= 0.3 is 0 Å². The molecule has 0 aliphatic heterocycles. The minimum Gasteiger partial charge on any atom is -0.379 e. The summed E-state index contributed by atoms with van der Waals surface area (Å²) >= 11 is 0. The highest BCUT2D eigenvalue weighted by molar-refractivity contribution is 5.95. The molecule has 33 heavy (non-hydrogen) atoms. The smallest absolute Gasteiger partial charge is 0.220 e. The molecule has 0 fully saturated rings. The average molecular weight is 447 g/mol. The van der Waals surface area contributed by atoms with Crippen molar-refractivity contribution in [1.82, 2.24) is 29.7 Å². The predicted molar refractivity (Wildman–Crippen MR) is 119 cm³/mol. The van der Waals surface area contributed by atoms with Crippen LogP contribution in [0.3, 0.4) is 0 Å². The van der Waals surface area contributed by atoms with Crippen molar-refractivity contribution in [3.63, 3.8) is 0 Å². The van der Waals surface area contributed by atoms with Crippen LogP contribution in [0.2, 0.25) is 0 Å². The van der Waals surface area contributed by atoms with Crippen LogP contribution in [0.5, 0.6) is 0 Å². The van der Waals surface area contributed by atoms with E-state index in [1.54, 1.807) is 36.4 Å². The summed E-state index contributed by atoms with van der Waals surface area (Å²) in [5, 5.41) is 15.5. The number of hydrogen-bond acceptors (Lipinski definition) is 6. The number of nitrogens with two attached hydrogens (primary N) is 1. The molecule has 5 rings (SSSR count). The summed E-state index contributed by atoms with van der Waals surface area (Å²) < 4.78 is 31.0. The maximum Gasteiger partial charge on any atom is 0.220 e. The van der Waals surface area contributed by atoms with Crippen LogP contribution < -0.4 is 5.73 Å². The van der Waals surface area contributed by atoms with E-state index < -0.39 is 17.2 Å². The molecule has 0 saturated carbocycles. The van der Waals surface area contributed by atoms with Crippen molar-refractivity contribution in [3.8, 4) is 22.4 Å². The molecule has 0 bridgehead atoms. The second-order valence-electron chi connectivity index (χ2n) is 7.89. The van der Waals surface area contributed by atoms with Gasteiger partial charge in [0.15, 0.2) is 0 Å². The van der Waals surface area contributed by atoms with Crippen LogP contribution in [0.1, 0.15) is 18.2 Å². The zero-order valence-corrected chi connectivity index (χ0v) is 17.7. The number of aryl methyl sites for hydroxylation is 1. The number of benzene rings is 1. The third-order valence-electron chi connectivity index (χ3n) is 5.56. The van der Waals surface area contributed by atoms with Crippen LogP contribution >= 0.6 is 0 Å². The highest BCUT2D eigenvalue weighted by Crippen LogP contribution is 2.36. The van der Waals surface area contributed by atoms with Gasteiger partial charge in [0, 0.05) is 42.3 Å². The average Bonchev–Trinajstić information content (AvgIpc) is 3.40. The summed E-state index contributed by atoms with van der Waals surface area (Å²) in [6.07, 6.45) is 6.24. The maximum absolute atomic E-state index is 15.6. The van der Waals surface area contributed by atoms with Crippen molar-refractivity contribution in [2.24, 2.45) is 7.05 Å². The molecule has 0 aliphatic rings. The van der Waals surface area contributed by atoms with E-state index in [1.165, 1.54) is 37.4 Å². The van der Waals surface area contributed by atoms with Crippen molar-refractivity contribution in [3.05, 3.63) is 78.0 Å². The van der Waals surface area contributed by atoms with Crippen molar-refractivity contribution in [1.29, 1.82) is 0 Å². The number of halogens is 2. The monoisotopic (exact) mass is 447 g/mol. The number of nitrogens with zero attached hydrogens (tertiary/aromatic N) is 5. The maximum atomic E-state index is 15.6. The lowest BCUT2D eigenvalue weighted by molar-refractivity contribution is 0.0971. The first-order valence-electron chi connectivity index (χ1n) is 10.0. The minimum absolute atomic E-state index is 0.120. The van der Waals surface area contributed by atoms with Gasteiger partial charge in [0.2, 0.25) is 5.95 Å². The zero-order valence-electron chi connectivity index (χ0n) is 17.7. The van der Waals surface area contributed by atoms with Gasteiger partial charge < -0.3 is 15.8 Å². The van der Waals surface area contributed by atoms with Crippen LogP contribution in [0.25, 0.3) is 33.4 Å². The van der Waals surface area contributed by atoms with Crippen LogP contribution in [-0.2, 0) is 12.6 Å². The molecule has 1 aromatic carbocycles. The summed E-state index contributed by atoms with van der Waals surface area (Å²) in [5.41, 5.74) is 6.56. The number of aromatic amines is 1. The van der Waals surface area contributed by atoms with Crippen molar-refractivity contribution in [2.45, 2.75) is 12.5 Å². The van der Waals surface area contributed by atoms with Crippen molar-refractivity contribution in [2.75, 3.05) is 5.73 Å². The van der Waals surface area contributed by atoms with Crippen LogP contribution in [0.4, 0.5) is 14.7 Å². The molecule has 0 spiro atoms. The number of aliphatic hydroxyl groups is 1. The number of nitrogen functional groups attached to an aromatic ring is 1. The molecular formula is C23H19F2N7O. The Kier molecular flexibility index (Phi) is 4.68. The SMILES string of the molecule is Cn1cc(-c2cnc3[nH]cc(-c4cc(C(C)(O)c5cccc(F)c5)nc(N)n4)c3c2F)cn1. The van der Waals surface area contributed by atoms with Gasteiger partial charge in [-0.25, -0.2) is 23.7 Å². The molecule has 8 nitrogen and oxygen atoms in total. The number of H-pyrrole nitrogens is 1. The standard InChI is InChI=1S/C23H19F2N7O/c1-23(33,13-4-3-5-14(24)6-13)18-7-17(30-22(26)31-18)16-10-28-21-19(16)20(25)15(9-27-21)12-8-29-32(2)11-12/h3-11,33H,1-2H3,(H,27,28)(H2,26,30,31). The van der Waals surface area contributed by atoms with E-state index in [1.807, 2.05) is 0 Å². The lowest BCUT2D eigenvalue weighted by Gasteiger charge is -2.24. The third-order valence-corrected chi connectivity index (χ3v) is 5.56. The number of nitrogens with one attached hydrogen (secondary N) is 1. The lowest BCUT2D eigenvalue weighted by atomic mass is 9.91. The molecule has 166 valence electrons. The quantitative estimate of drug-likeness (QED) is 0.388. The fraction of sp³-hybridized carbons (Fsp3) is 0.130. The Morgan fingerprint density at radius 1 is 1.12 bits per heavy atom. The summed E-state index contributed by atoms with van der Waals surface area (Å²) in [5.74, 6) is -1.12. The van der Waals surface area contributed by atoms with Crippen LogP contribution in [0, 0.1) is 11.6 Å². The van der Waals surface area contributed by atoms with Gasteiger partial charge in [0.1, 0.15) is 22.9 Å². The number of rotatable bonds is 4. The van der Waals surface area contributed by atoms with Crippen LogP contribution in [-0.4, -0.2) is 34.8 Å². The highest BCUT2D eigenvalue weighted by Gasteiger charge is 2.29. The number of fused-ring (bicyclic) bond motifs is 1. The first-order valence-corrected chi connectivity index (χ1v) is 10.0. The molecule has 0 radical (unpaired) electrons. The molecule has 0 saturated heterocycles. The van der Waals surface area contributed by atoms with E-state index in [9.17, 15) is 9.50 Å². The molecule has 4 heterocycles. The Labute approximate surface area is 186 Å². The normalized spacial score (nSPS) is 13.4. The fourth-order valence-corrected chi connectivity index (χ4v) is 3.81. The Morgan fingerprint density at radius 3 is 2.67 bits per heavy atom. The fourth-order valence-electron chi connectivity index (χ4n) is 3.81. The molecule has 4 aromatic heterocycles. The molecule has 0 aliphatic carbocycles. The van der Waals surface area contributed by atoms with E-state index in [0.29, 0.717) is 16.8 Å². The predicted octanol–water partition coefficient (Wildman–Crippen LogP) is 3.54. The first kappa shape index (κ1) is 20.7. The van der Waals surface area contributed by atoms with E-state index >= 15 is 4.39 Å². The number of aromatic nitrogens is 6. The van der Waals surface area contributed by atoms with E-state index in [-0.39, 0.29) is 33.8 Å². The largest absolute Gasteiger partial charge is 0.379 e. The first-order chi connectivity index (χ1) is 15.7. The van der Waals surface area contributed by atoms with Crippen LogP contribution in [0.15, 0.2) is 55.1 Å². The summed E-state index contributed by atoms with van der Waals surface area (Å²) in [7, 11) is 1.74.